The molecule has 0 aromatic heterocycles. The van der Waals surface area contributed by atoms with Crippen LogP contribution in [0.2, 0.25) is 0 Å². The molecule has 2 rings (SSSR count). The summed E-state index contributed by atoms with van der Waals surface area (Å²) in [7, 11) is 0. The second-order valence-corrected chi connectivity index (χ2v) is 8.01. The topological polar surface area (TPSA) is 20.2 Å². The Morgan fingerprint density at radius 2 is 1.73 bits per heavy atom. The van der Waals surface area contributed by atoms with E-state index in [0.29, 0.717) is 11.2 Å². The van der Waals surface area contributed by atoms with Gasteiger partial charge in [-0.3, -0.25) is 0 Å². The fourth-order valence-corrected chi connectivity index (χ4v) is 3.51. The standard InChI is InChI=1S/C25H32O/c1-19(11-16-24-21(3)10-7-17-25(24,4)5)8-6-9-20(2)18-22-12-14-23(26)15-13-22/h6,8-9,11-16,18,26H,7,10,17H2,1-5H3/b9-6+,16-11+,19-8+,20-18+. The first-order valence-corrected chi connectivity index (χ1v) is 9.48. The molecular weight excluding hydrogens is 316 g/mol. The van der Waals surface area contributed by atoms with Crippen molar-refractivity contribution in [3.63, 3.8) is 0 Å². The van der Waals surface area contributed by atoms with Gasteiger partial charge in [-0.05, 0) is 68.7 Å². The zero-order valence-electron chi connectivity index (χ0n) is 16.8. The Morgan fingerprint density at radius 3 is 2.38 bits per heavy atom. The minimum absolute atomic E-state index is 0.290. The molecule has 1 aliphatic carbocycles. The fraction of sp³-hybridized carbons (Fsp3) is 0.360. The van der Waals surface area contributed by atoms with E-state index in [4.69, 9.17) is 0 Å². The minimum Gasteiger partial charge on any atom is -0.508 e. The predicted octanol–water partition coefficient (Wildman–Crippen LogP) is 7.38. The molecule has 0 saturated heterocycles. The highest BCUT2D eigenvalue weighted by Gasteiger charge is 2.26. The zero-order valence-corrected chi connectivity index (χ0v) is 16.8. The second kappa shape index (κ2) is 8.89. The molecule has 0 aliphatic heterocycles. The number of rotatable bonds is 5. The monoisotopic (exact) mass is 348 g/mol. The van der Waals surface area contributed by atoms with E-state index in [1.54, 1.807) is 12.1 Å². The lowest BCUT2D eigenvalue weighted by Gasteiger charge is -2.32. The van der Waals surface area contributed by atoms with Gasteiger partial charge in [-0.1, -0.05) is 79.2 Å². The highest BCUT2D eigenvalue weighted by molar-refractivity contribution is 5.56. The van der Waals surface area contributed by atoms with E-state index < -0.39 is 0 Å². The van der Waals surface area contributed by atoms with Gasteiger partial charge < -0.3 is 5.11 Å². The van der Waals surface area contributed by atoms with Crippen molar-refractivity contribution >= 4 is 6.08 Å². The molecule has 0 bridgehead atoms. The Balaban J connectivity index is 2.03. The van der Waals surface area contributed by atoms with Crippen LogP contribution in [0.5, 0.6) is 5.75 Å². The summed E-state index contributed by atoms with van der Waals surface area (Å²) in [4.78, 5) is 0. The Hall–Kier alpha value is -2.28. The molecule has 0 atom stereocenters. The smallest absolute Gasteiger partial charge is 0.115 e. The lowest BCUT2D eigenvalue weighted by atomic mass is 9.72. The molecule has 1 nitrogen and oxygen atoms in total. The summed E-state index contributed by atoms with van der Waals surface area (Å²) in [5.41, 5.74) is 6.85. The SMILES string of the molecule is CC1=C(/C=C/C(C)=C/C=C/C(C)=C/c2ccc(O)cc2)C(C)(C)CCC1. The van der Waals surface area contributed by atoms with Crippen LogP contribution in [0.25, 0.3) is 6.08 Å². The summed E-state index contributed by atoms with van der Waals surface area (Å²) >= 11 is 0. The maximum absolute atomic E-state index is 9.33. The molecule has 0 fully saturated rings. The van der Waals surface area contributed by atoms with Crippen molar-refractivity contribution in [1.82, 2.24) is 0 Å². The summed E-state index contributed by atoms with van der Waals surface area (Å²) in [5.74, 6) is 0.298. The van der Waals surface area contributed by atoms with Crippen molar-refractivity contribution in [2.24, 2.45) is 5.41 Å². The van der Waals surface area contributed by atoms with Crippen molar-refractivity contribution in [2.75, 3.05) is 0 Å². The Morgan fingerprint density at radius 1 is 1.04 bits per heavy atom. The Labute approximate surface area is 159 Å². The molecule has 1 aromatic carbocycles. The summed E-state index contributed by atoms with van der Waals surface area (Å²) in [6.07, 6.45) is 16.8. The van der Waals surface area contributed by atoms with Crippen molar-refractivity contribution < 1.29 is 5.11 Å². The van der Waals surface area contributed by atoms with E-state index in [1.807, 2.05) is 12.1 Å². The number of aromatic hydroxyl groups is 1. The first kappa shape index (κ1) is 20.0. The number of allylic oxidation sites excluding steroid dienone is 9. The highest BCUT2D eigenvalue weighted by Crippen LogP contribution is 2.40. The van der Waals surface area contributed by atoms with E-state index in [0.717, 1.165) is 5.56 Å². The number of hydrogen-bond donors (Lipinski definition) is 1. The van der Waals surface area contributed by atoms with Crippen molar-refractivity contribution in [3.8, 4) is 5.75 Å². The number of hydrogen-bond acceptors (Lipinski definition) is 1. The molecule has 1 aromatic rings. The molecule has 0 saturated carbocycles. The predicted molar refractivity (Wildman–Crippen MR) is 114 cm³/mol. The van der Waals surface area contributed by atoms with Crippen LogP contribution in [0.4, 0.5) is 0 Å². The van der Waals surface area contributed by atoms with Gasteiger partial charge in [0.2, 0.25) is 0 Å². The van der Waals surface area contributed by atoms with Crippen LogP contribution in [0, 0.1) is 5.41 Å². The van der Waals surface area contributed by atoms with Crippen LogP contribution in [0.15, 0.2) is 76.9 Å². The van der Waals surface area contributed by atoms with Gasteiger partial charge in [-0.25, -0.2) is 0 Å². The van der Waals surface area contributed by atoms with Crippen molar-refractivity contribution in [2.45, 2.75) is 53.9 Å². The lowest BCUT2D eigenvalue weighted by Crippen LogP contribution is -2.19. The van der Waals surface area contributed by atoms with E-state index in [9.17, 15) is 5.11 Å². The molecule has 1 heteroatoms. The third-order valence-corrected chi connectivity index (χ3v) is 5.06. The molecule has 1 aliphatic rings. The molecule has 1 N–H and O–H groups in total. The molecule has 0 heterocycles. The maximum Gasteiger partial charge on any atom is 0.115 e. The van der Waals surface area contributed by atoms with E-state index in [2.05, 4.69) is 71.1 Å². The second-order valence-electron chi connectivity index (χ2n) is 8.01. The third-order valence-electron chi connectivity index (χ3n) is 5.06. The largest absolute Gasteiger partial charge is 0.508 e. The van der Waals surface area contributed by atoms with Crippen LogP contribution in [0.3, 0.4) is 0 Å². The van der Waals surface area contributed by atoms with Crippen molar-refractivity contribution in [3.05, 3.63) is 82.5 Å². The van der Waals surface area contributed by atoms with Crippen LogP contribution in [0.1, 0.15) is 59.4 Å². The molecule has 0 unspecified atom stereocenters. The lowest BCUT2D eigenvalue weighted by molar-refractivity contribution is 0.377. The van der Waals surface area contributed by atoms with Gasteiger partial charge in [-0.15, -0.1) is 0 Å². The first-order valence-electron chi connectivity index (χ1n) is 9.48. The van der Waals surface area contributed by atoms with E-state index >= 15 is 0 Å². The molecule has 0 amide bonds. The van der Waals surface area contributed by atoms with Gasteiger partial charge in [0, 0.05) is 0 Å². The van der Waals surface area contributed by atoms with Crippen LogP contribution in [-0.4, -0.2) is 5.11 Å². The number of phenols is 1. The van der Waals surface area contributed by atoms with Gasteiger partial charge in [0.1, 0.15) is 5.75 Å². The van der Waals surface area contributed by atoms with Gasteiger partial charge in [0.05, 0.1) is 0 Å². The van der Waals surface area contributed by atoms with Crippen LogP contribution < -0.4 is 0 Å². The maximum atomic E-state index is 9.33. The molecule has 0 spiro atoms. The minimum atomic E-state index is 0.290. The quantitative estimate of drug-likeness (QED) is 0.550. The first-order chi connectivity index (χ1) is 12.3. The van der Waals surface area contributed by atoms with Gasteiger partial charge in [0.15, 0.2) is 0 Å². The van der Waals surface area contributed by atoms with Gasteiger partial charge >= 0.3 is 0 Å². The van der Waals surface area contributed by atoms with Crippen LogP contribution in [-0.2, 0) is 0 Å². The van der Waals surface area contributed by atoms with Gasteiger partial charge in [-0.2, -0.15) is 0 Å². The summed E-state index contributed by atoms with van der Waals surface area (Å²) < 4.78 is 0. The Kier molecular flexibility index (Phi) is 6.85. The molecule has 26 heavy (non-hydrogen) atoms. The zero-order chi connectivity index (χ0) is 19.2. The van der Waals surface area contributed by atoms with Crippen LogP contribution >= 0.6 is 0 Å². The van der Waals surface area contributed by atoms with E-state index in [1.165, 1.54) is 41.6 Å². The van der Waals surface area contributed by atoms with Gasteiger partial charge in [0.25, 0.3) is 0 Å². The average molecular weight is 349 g/mol. The molecule has 138 valence electrons. The number of phenolic OH excluding ortho intramolecular Hbond substituents is 1. The normalized spacial score (nSPS) is 19.0. The summed E-state index contributed by atoms with van der Waals surface area (Å²) in [6, 6.07) is 7.25. The number of benzene rings is 1. The third kappa shape index (κ3) is 5.91. The molecule has 0 radical (unpaired) electrons. The highest BCUT2D eigenvalue weighted by atomic mass is 16.3. The van der Waals surface area contributed by atoms with E-state index in [-0.39, 0.29) is 0 Å². The Bertz CT molecular complexity index is 765. The molecular formula is C25H32O. The summed E-state index contributed by atoms with van der Waals surface area (Å²) in [5, 5.41) is 9.33. The fourth-order valence-electron chi connectivity index (χ4n) is 3.51. The summed E-state index contributed by atoms with van der Waals surface area (Å²) in [6.45, 7) is 11.2. The van der Waals surface area contributed by atoms with Crippen molar-refractivity contribution in [1.29, 1.82) is 0 Å². The average Bonchev–Trinajstić information content (AvgIpc) is 2.56.